The highest BCUT2D eigenvalue weighted by molar-refractivity contribution is 5.84. The average molecular weight is 324 g/mol. The molecular weight excluding hydrogens is 296 g/mol. The summed E-state index contributed by atoms with van der Waals surface area (Å²) in [6, 6.07) is 0. The van der Waals surface area contributed by atoms with Crippen LogP contribution in [-0.4, -0.2) is 50.1 Å². The van der Waals surface area contributed by atoms with Crippen molar-refractivity contribution >= 4 is 5.91 Å². The van der Waals surface area contributed by atoms with E-state index in [0.29, 0.717) is 13.0 Å². The first-order chi connectivity index (χ1) is 10.7. The number of hydrogen-bond donors (Lipinski definition) is 2. The maximum absolute atomic E-state index is 12.3. The molecule has 1 aromatic heterocycles. The molecule has 1 aliphatic carbocycles. The van der Waals surface area contributed by atoms with Crippen molar-refractivity contribution in [2.45, 2.75) is 64.3 Å². The van der Waals surface area contributed by atoms with E-state index in [0.717, 1.165) is 12.2 Å². The largest absolute Gasteiger partial charge is 0.393 e. The summed E-state index contributed by atoms with van der Waals surface area (Å²) in [5.74, 6) is 0.941. The average Bonchev–Trinajstić information content (AvgIpc) is 3.00. The lowest BCUT2D eigenvalue weighted by atomic mass is 10.0. The Morgan fingerprint density at radius 1 is 1.52 bits per heavy atom. The van der Waals surface area contributed by atoms with E-state index in [1.54, 1.807) is 20.2 Å². The van der Waals surface area contributed by atoms with E-state index in [2.05, 4.69) is 15.5 Å². The number of ether oxygens (including phenoxy) is 1. The van der Waals surface area contributed by atoms with E-state index >= 15 is 0 Å². The molecule has 1 aliphatic rings. The van der Waals surface area contributed by atoms with Gasteiger partial charge in [0.15, 0.2) is 0 Å². The van der Waals surface area contributed by atoms with Gasteiger partial charge in [-0.2, -0.15) is 0 Å². The second-order valence-corrected chi connectivity index (χ2v) is 7.18. The Morgan fingerprint density at radius 2 is 2.22 bits per heavy atom. The standard InChI is InChI=1S/C16H28N4O3/c1-10(2)23-16(3,4)15(22)17-8-12-6-11(7-13(12)21)14-19-18-9-20(14)5/h9-13,21H,6-8H2,1-5H3,(H,17,22)/t11-,12+,13+/m0/s1. The monoisotopic (exact) mass is 324 g/mol. The fraction of sp³-hybridized carbons (Fsp3) is 0.812. The number of nitrogens with one attached hydrogen (secondary N) is 1. The van der Waals surface area contributed by atoms with Crippen LogP contribution in [0.3, 0.4) is 0 Å². The van der Waals surface area contributed by atoms with Gasteiger partial charge in [0, 0.05) is 25.4 Å². The summed E-state index contributed by atoms with van der Waals surface area (Å²) in [7, 11) is 1.91. The normalized spacial score (nSPS) is 25.1. The van der Waals surface area contributed by atoms with Crippen LogP contribution in [0.5, 0.6) is 0 Å². The number of aromatic nitrogens is 3. The fourth-order valence-corrected chi connectivity index (χ4v) is 3.27. The SMILES string of the molecule is CC(C)OC(C)(C)C(=O)NC[C@H]1C[C@H](c2nncn2C)C[C@H]1O. The van der Waals surface area contributed by atoms with Crippen LogP contribution in [0.4, 0.5) is 0 Å². The van der Waals surface area contributed by atoms with Crippen LogP contribution in [0.2, 0.25) is 0 Å². The van der Waals surface area contributed by atoms with Crippen LogP contribution >= 0.6 is 0 Å². The van der Waals surface area contributed by atoms with E-state index in [4.69, 9.17) is 4.74 Å². The summed E-state index contributed by atoms with van der Waals surface area (Å²) in [5.41, 5.74) is -0.874. The summed E-state index contributed by atoms with van der Waals surface area (Å²) in [5, 5.41) is 21.2. The molecule has 0 spiro atoms. The van der Waals surface area contributed by atoms with Crippen LogP contribution in [0.25, 0.3) is 0 Å². The lowest BCUT2D eigenvalue weighted by Gasteiger charge is -2.27. The van der Waals surface area contributed by atoms with Crippen LogP contribution < -0.4 is 5.32 Å². The lowest BCUT2D eigenvalue weighted by Crippen LogP contribution is -2.47. The van der Waals surface area contributed by atoms with Crippen molar-refractivity contribution in [1.29, 1.82) is 0 Å². The molecule has 0 bridgehead atoms. The van der Waals surface area contributed by atoms with Gasteiger partial charge >= 0.3 is 0 Å². The third-order valence-corrected chi connectivity index (χ3v) is 4.37. The van der Waals surface area contributed by atoms with E-state index in [1.807, 2.05) is 25.5 Å². The fourth-order valence-electron chi connectivity index (χ4n) is 3.27. The zero-order valence-corrected chi connectivity index (χ0v) is 14.6. The number of carbonyl (C=O) groups excluding carboxylic acids is 1. The van der Waals surface area contributed by atoms with Crippen LogP contribution in [0.1, 0.15) is 52.3 Å². The molecule has 3 atom stereocenters. The Labute approximate surface area is 137 Å². The predicted molar refractivity (Wildman–Crippen MR) is 85.8 cm³/mol. The summed E-state index contributed by atoms with van der Waals surface area (Å²) < 4.78 is 7.53. The van der Waals surface area contributed by atoms with Gasteiger partial charge in [-0.1, -0.05) is 0 Å². The van der Waals surface area contributed by atoms with Gasteiger partial charge in [0.2, 0.25) is 0 Å². The molecule has 0 saturated heterocycles. The van der Waals surface area contributed by atoms with Crippen LogP contribution in [-0.2, 0) is 16.6 Å². The van der Waals surface area contributed by atoms with Gasteiger partial charge in [-0.3, -0.25) is 4.79 Å². The van der Waals surface area contributed by atoms with Gasteiger partial charge in [0.1, 0.15) is 17.8 Å². The zero-order chi connectivity index (χ0) is 17.2. The Kier molecular flexibility index (Phi) is 5.41. The number of amides is 1. The smallest absolute Gasteiger partial charge is 0.251 e. The minimum Gasteiger partial charge on any atom is -0.393 e. The van der Waals surface area contributed by atoms with Crippen molar-refractivity contribution in [2.24, 2.45) is 13.0 Å². The number of hydrogen-bond acceptors (Lipinski definition) is 5. The highest BCUT2D eigenvalue weighted by atomic mass is 16.5. The predicted octanol–water partition coefficient (Wildman–Crippen LogP) is 0.989. The molecule has 2 N–H and O–H groups in total. The van der Waals surface area contributed by atoms with Gasteiger partial charge in [-0.25, -0.2) is 0 Å². The molecule has 7 heteroatoms. The minimum absolute atomic E-state index is 0.0203. The molecule has 0 unspecified atom stereocenters. The van der Waals surface area contributed by atoms with Crippen molar-refractivity contribution in [3.8, 4) is 0 Å². The van der Waals surface area contributed by atoms with E-state index in [1.165, 1.54) is 0 Å². The Morgan fingerprint density at radius 3 is 2.78 bits per heavy atom. The van der Waals surface area contributed by atoms with Gasteiger partial charge in [-0.05, 0) is 40.5 Å². The molecule has 130 valence electrons. The van der Waals surface area contributed by atoms with Gasteiger partial charge < -0.3 is 19.7 Å². The van der Waals surface area contributed by atoms with E-state index in [9.17, 15) is 9.90 Å². The zero-order valence-electron chi connectivity index (χ0n) is 14.6. The van der Waals surface area contributed by atoms with Crippen LogP contribution in [0, 0.1) is 5.92 Å². The number of carbonyl (C=O) groups is 1. The molecule has 0 radical (unpaired) electrons. The number of rotatable bonds is 6. The molecule has 1 aromatic rings. The molecule has 7 nitrogen and oxygen atoms in total. The van der Waals surface area contributed by atoms with Crippen molar-refractivity contribution in [3.63, 3.8) is 0 Å². The quantitative estimate of drug-likeness (QED) is 0.814. The molecule has 2 rings (SSSR count). The summed E-state index contributed by atoms with van der Waals surface area (Å²) in [6.45, 7) is 7.77. The topological polar surface area (TPSA) is 89.3 Å². The Balaban J connectivity index is 1.89. The maximum Gasteiger partial charge on any atom is 0.251 e. The molecule has 1 saturated carbocycles. The lowest BCUT2D eigenvalue weighted by molar-refractivity contribution is -0.147. The van der Waals surface area contributed by atoms with Gasteiger partial charge in [0.05, 0.1) is 12.2 Å². The summed E-state index contributed by atoms with van der Waals surface area (Å²) in [6.07, 6.45) is 2.65. The molecule has 1 heterocycles. The van der Waals surface area contributed by atoms with Crippen LogP contribution in [0.15, 0.2) is 6.33 Å². The first-order valence-corrected chi connectivity index (χ1v) is 8.18. The highest BCUT2D eigenvalue weighted by Crippen LogP contribution is 2.37. The third kappa shape index (κ3) is 4.29. The van der Waals surface area contributed by atoms with Crippen molar-refractivity contribution in [3.05, 3.63) is 12.2 Å². The molecule has 1 fully saturated rings. The summed E-state index contributed by atoms with van der Waals surface area (Å²) >= 11 is 0. The van der Waals surface area contributed by atoms with E-state index < -0.39 is 11.7 Å². The van der Waals surface area contributed by atoms with Gasteiger partial charge in [-0.15, -0.1) is 10.2 Å². The molecule has 0 aliphatic heterocycles. The number of aliphatic hydroxyl groups excluding tert-OH is 1. The summed E-state index contributed by atoms with van der Waals surface area (Å²) in [4.78, 5) is 12.3. The van der Waals surface area contributed by atoms with Crippen molar-refractivity contribution in [2.75, 3.05) is 6.54 Å². The third-order valence-electron chi connectivity index (χ3n) is 4.37. The number of aliphatic hydroxyl groups is 1. The maximum atomic E-state index is 12.3. The second kappa shape index (κ2) is 6.97. The molecule has 1 amide bonds. The Bertz CT molecular complexity index is 541. The highest BCUT2D eigenvalue weighted by Gasteiger charge is 2.37. The minimum atomic E-state index is -0.874. The Hall–Kier alpha value is -1.47. The van der Waals surface area contributed by atoms with E-state index in [-0.39, 0.29) is 23.8 Å². The van der Waals surface area contributed by atoms with Crippen molar-refractivity contribution in [1.82, 2.24) is 20.1 Å². The first-order valence-electron chi connectivity index (χ1n) is 8.18. The number of nitrogens with zero attached hydrogens (tertiary/aromatic N) is 3. The first kappa shape index (κ1) is 17.9. The second-order valence-electron chi connectivity index (χ2n) is 7.18. The van der Waals surface area contributed by atoms with Gasteiger partial charge in [0.25, 0.3) is 5.91 Å². The molecular formula is C16H28N4O3. The molecule has 0 aromatic carbocycles. The van der Waals surface area contributed by atoms with Crippen molar-refractivity contribution < 1.29 is 14.6 Å². The molecule has 23 heavy (non-hydrogen) atoms. The number of aryl methyl sites for hydroxylation is 1.